The van der Waals surface area contributed by atoms with Gasteiger partial charge < -0.3 is 29.0 Å². The second kappa shape index (κ2) is 25.6. The van der Waals surface area contributed by atoms with Gasteiger partial charge >= 0.3 is 7.12 Å². The van der Waals surface area contributed by atoms with Crippen LogP contribution in [0.4, 0.5) is 0 Å². The van der Waals surface area contributed by atoms with E-state index in [-0.39, 0.29) is 0 Å². The summed E-state index contributed by atoms with van der Waals surface area (Å²) < 4.78 is 24.6. The van der Waals surface area contributed by atoms with Gasteiger partial charge in [-0.2, -0.15) is 0 Å². The summed E-state index contributed by atoms with van der Waals surface area (Å²) in [6.07, 6.45) is 28.0. The number of benzene rings is 2. The summed E-state index contributed by atoms with van der Waals surface area (Å²) in [5, 5.41) is 17.1. The lowest BCUT2D eigenvalue weighted by molar-refractivity contribution is 0.376. The summed E-state index contributed by atoms with van der Waals surface area (Å²) in [4.78, 5) is 8.06. The highest BCUT2D eigenvalue weighted by Gasteiger charge is 2.28. The molecule has 2 aliphatic carbocycles. The molecule has 4 aromatic rings. The van der Waals surface area contributed by atoms with Gasteiger partial charge in [0.1, 0.15) is 23.0 Å². The van der Waals surface area contributed by atoms with E-state index < -0.39 is 7.12 Å². The molecule has 60 heavy (non-hydrogen) atoms. The summed E-state index contributed by atoms with van der Waals surface area (Å²) in [5.41, 5.74) is 10.6. The van der Waals surface area contributed by atoms with E-state index in [4.69, 9.17) is 29.0 Å². The number of unbranched alkanes of at least 4 members (excludes halogenated alkanes) is 4. The molecular formula is C50H68BBrN2O6. The zero-order valence-corrected chi connectivity index (χ0v) is 38.9. The molecule has 0 radical (unpaired) electrons. The van der Waals surface area contributed by atoms with Crippen molar-refractivity contribution in [3.8, 4) is 34.1 Å². The van der Waals surface area contributed by atoms with Gasteiger partial charge in [-0.25, -0.2) is 0 Å². The van der Waals surface area contributed by atoms with Gasteiger partial charge in [0, 0.05) is 64.3 Å². The lowest BCUT2D eigenvalue weighted by atomic mass is 9.82. The number of allylic oxidation sites excluding steroid dienone is 4. The molecule has 0 bridgehead atoms. The number of aryl methyl sites for hydroxylation is 2. The molecule has 0 saturated carbocycles. The van der Waals surface area contributed by atoms with Crippen molar-refractivity contribution < 1.29 is 29.0 Å². The van der Waals surface area contributed by atoms with Gasteiger partial charge in [-0.1, -0.05) is 75.0 Å². The zero-order valence-electron chi connectivity index (χ0n) is 37.4. The van der Waals surface area contributed by atoms with Crippen molar-refractivity contribution >= 4 is 28.5 Å². The number of pyridine rings is 2. The van der Waals surface area contributed by atoms with Crippen LogP contribution in [0, 0.1) is 0 Å². The minimum absolute atomic E-state index is 0.332. The molecular weight excluding hydrogens is 815 g/mol. The normalized spacial score (nSPS) is 15.9. The van der Waals surface area contributed by atoms with E-state index in [2.05, 4.69) is 83.9 Å². The molecule has 2 atom stereocenters. The molecule has 324 valence electrons. The molecule has 0 aliphatic heterocycles. The first-order valence-electron chi connectivity index (χ1n) is 21.8. The summed E-state index contributed by atoms with van der Waals surface area (Å²) >= 11 is 3.79. The van der Waals surface area contributed by atoms with Crippen LogP contribution in [-0.2, 0) is 12.8 Å². The molecule has 6 rings (SSSR count). The number of rotatable bonds is 16. The summed E-state index contributed by atoms with van der Waals surface area (Å²) in [7, 11) is 5.68. The first-order chi connectivity index (χ1) is 29.1. The second-order valence-electron chi connectivity index (χ2n) is 15.9. The van der Waals surface area contributed by atoms with Crippen LogP contribution in [0.2, 0.25) is 0 Å². The van der Waals surface area contributed by atoms with E-state index in [0.29, 0.717) is 17.3 Å². The fourth-order valence-electron chi connectivity index (χ4n) is 8.37. The van der Waals surface area contributed by atoms with E-state index >= 15 is 0 Å². The van der Waals surface area contributed by atoms with Crippen LogP contribution in [0.1, 0.15) is 139 Å². The fourth-order valence-corrected chi connectivity index (χ4v) is 9.06. The van der Waals surface area contributed by atoms with Gasteiger partial charge in [0.05, 0.1) is 32.9 Å². The Morgan fingerprint density at radius 1 is 0.683 bits per heavy atom. The van der Waals surface area contributed by atoms with E-state index in [1.54, 1.807) is 46.8 Å². The van der Waals surface area contributed by atoms with Crippen molar-refractivity contribution in [2.45, 2.75) is 129 Å². The van der Waals surface area contributed by atoms with Gasteiger partial charge in [0.25, 0.3) is 0 Å². The van der Waals surface area contributed by atoms with Crippen LogP contribution in [0.15, 0.2) is 89.0 Å². The third-order valence-corrected chi connectivity index (χ3v) is 12.3. The smallest absolute Gasteiger partial charge is 0.490 e. The Bertz CT molecular complexity index is 1970. The van der Waals surface area contributed by atoms with Gasteiger partial charge in [-0.15, -0.1) is 0 Å². The molecule has 2 aromatic heterocycles. The molecule has 2 N–H and O–H groups in total. The third kappa shape index (κ3) is 13.4. The largest absolute Gasteiger partial charge is 0.496 e. The summed E-state index contributed by atoms with van der Waals surface area (Å²) in [6, 6.07) is 11.8. The number of methoxy groups -OCH3 is 4. The summed E-state index contributed by atoms with van der Waals surface area (Å²) in [6.45, 7) is 8.92. The maximum absolute atomic E-state index is 8.54. The van der Waals surface area contributed by atoms with E-state index in [1.807, 2.05) is 18.5 Å². The molecule has 2 unspecified atom stereocenters. The van der Waals surface area contributed by atoms with E-state index in [0.717, 1.165) is 65.1 Å². The minimum Gasteiger partial charge on any atom is -0.496 e. The Balaban J connectivity index is 0.000000222. The average molecular weight is 884 g/mol. The van der Waals surface area contributed by atoms with Gasteiger partial charge in [0.2, 0.25) is 0 Å². The van der Waals surface area contributed by atoms with Crippen molar-refractivity contribution in [3.63, 3.8) is 0 Å². The lowest BCUT2D eigenvalue weighted by Crippen LogP contribution is -2.29. The number of halogens is 1. The predicted octanol–water partition coefficient (Wildman–Crippen LogP) is 11.9. The molecule has 8 nitrogen and oxygen atoms in total. The van der Waals surface area contributed by atoms with Crippen LogP contribution in [-0.4, -0.2) is 55.6 Å². The maximum Gasteiger partial charge on any atom is 0.490 e. The number of hydrogen-bond acceptors (Lipinski definition) is 8. The number of hydrogen-bond donors (Lipinski definition) is 2. The van der Waals surface area contributed by atoms with Crippen molar-refractivity contribution in [3.05, 3.63) is 111 Å². The average Bonchev–Trinajstić information content (AvgIpc) is 3.27. The summed E-state index contributed by atoms with van der Waals surface area (Å²) in [5.74, 6) is 4.54. The minimum atomic E-state index is -1.40. The van der Waals surface area contributed by atoms with Crippen LogP contribution in [0.5, 0.6) is 23.0 Å². The molecule has 2 aromatic carbocycles. The van der Waals surface area contributed by atoms with Crippen LogP contribution >= 0.6 is 15.9 Å². The number of ether oxygens (including phenoxy) is 4. The highest BCUT2D eigenvalue weighted by atomic mass is 79.9. The first kappa shape index (κ1) is 48.6. The van der Waals surface area contributed by atoms with Crippen molar-refractivity contribution in [1.82, 2.24) is 9.97 Å². The second-order valence-corrected chi connectivity index (χ2v) is 16.7. The SMILES string of the molecule is CCCCCc1cc(OC)c(C2C=C(C)CCC2)c(OC)c1-c1cccnc1.CCCCCc1cc(OC)c(C2C=C(C)CCC2)c(OC)c1Br.OB(O)c1cccnc1. The Morgan fingerprint density at radius 2 is 1.20 bits per heavy atom. The molecule has 2 heterocycles. The molecule has 0 amide bonds. The molecule has 0 spiro atoms. The Morgan fingerprint density at radius 3 is 1.63 bits per heavy atom. The monoisotopic (exact) mass is 882 g/mol. The van der Waals surface area contributed by atoms with Crippen LogP contribution in [0.3, 0.4) is 0 Å². The Hall–Kier alpha value is -4.12. The van der Waals surface area contributed by atoms with Crippen molar-refractivity contribution in [2.75, 3.05) is 28.4 Å². The number of aromatic nitrogens is 2. The van der Waals surface area contributed by atoms with Crippen molar-refractivity contribution in [1.29, 1.82) is 0 Å². The zero-order chi connectivity index (χ0) is 43.4. The van der Waals surface area contributed by atoms with Crippen LogP contribution in [0.25, 0.3) is 11.1 Å². The lowest BCUT2D eigenvalue weighted by Gasteiger charge is -2.27. The predicted molar refractivity (Wildman–Crippen MR) is 251 cm³/mol. The Kier molecular flexibility index (Phi) is 20.7. The molecule has 0 saturated heterocycles. The molecule has 10 heteroatoms. The van der Waals surface area contributed by atoms with Crippen molar-refractivity contribution in [2.24, 2.45) is 0 Å². The van der Waals surface area contributed by atoms with Gasteiger partial charge in [-0.3, -0.25) is 9.97 Å². The first-order valence-corrected chi connectivity index (χ1v) is 22.6. The van der Waals surface area contributed by atoms with Gasteiger partial charge in [0.15, 0.2) is 0 Å². The molecule has 2 aliphatic rings. The van der Waals surface area contributed by atoms with E-state index in [9.17, 15) is 0 Å². The quantitative estimate of drug-likeness (QED) is 0.0652. The highest BCUT2D eigenvalue weighted by Crippen LogP contribution is 2.49. The standard InChI is InChI=1S/C25H33NO2.C20H29BrO2.C5H6BNO2/c1-5-6-7-11-20-16-22(27-3)24(19-12-8-10-18(2)15-19)25(28-4)23(20)21-13-9-14-26-17-21;1-5-6-7-10-16-13-17(22-3)18(20(23-4)19(16)21)15-11-8-9-14(2)12-15;8-6(9)5-2-1-3-7-4-5/h9,13-17,19H,5-8,10-12H2,1-4H3;12-13,15H,5-11H2,1-4H3;1-4,8-9H. The maximum atomic E-state index is 8.54. The molecule has 0 fully saturated rings. The highest BCUT2D eigenvalue weighted by molar-refractivity contribution is 9.10. The topological polar surface area (TPSA) is 103 Å². The fraction of sp³-hybridized carbons (Fsp3) is 0.480. The number of nitrogens with zero attached hydrogens (tertiary/aromatic N) is 2. The van der Waals surface area contributed by atoms with E-state index in [1.165, 1.54) is 103 Å². The Labute approximate surface area is 369 Å². The third-order valence-electron chi connectivity index (χ3n) is 11.4. The van der Waals surface area contributed by atoms with Gasteiger partial charge in [-0.05, 0) is 129 Å². The van der Waals surface area contributed by atoms with Crippen LogP contribution < -0.4 is 24.4 Å².